The molecule has 0 N–H and O–H groups in total. The van der Waals surface area contributed by atoms with Gasteiger partial charge < -0.3 is 4.74 Å². The van der Waals surface area contributed by atoms with Crippen molar-refractivity contribution in [2.45, 2.75) is 12.3 Å². The Hall–Kier alpha value is -1.59. The van der Waals surface area contributed by atoms with E-state index in [0.717, 1.165) is 5.56 Å². The van der Waals surface area contributed by atoms with E-state index in [4.69, 9.17) is 16.3 Å². The summed E-state index contributed by atoms with van der Waals surface area (Å²) in [6.07, 6.45) is 0. The van der Waals surface area contributed by atoms with Crippen LogP contribution in [0.3, 0.4) is 0 Å². The second-order valence-electron chi connectivity index (χ2n) is 4.16. The lowest BCUT2D eigenvalue weighted by Crippen LogP contribution is -1.94. The van der Waals surface area contributed by atoms with E-state index in [0.29, 0.717) is 27.4 Å². The Kier molecular flexibility index (Phi) is 4.62. The SMILES string of the molecule is Cc1cc(Oc2cccc(Cl)c2CBr)ccc1[N+](=O)[O-]. The lowest BCUT2D eigenvalue weighted by atomic mass is 10.2. The Labute approximate surface area is 129 Å². The molecular weight excluding hydrogens is 346 g/mol. The minimum atomic E-state index is -0.414. The molecule has 0 saturated heterocycles. The highest BCUT2D eigenvalue weighted by atomic mass is 79.9. The first kappa shape index (κ1) is 14.8. The van der Waals surface area contributed by atoms with Gasteiger partial charge in [-0.15, -0.1) is 0 Å². The fourth-order valence-electron chi connectivity index (χ4n) is 1.79. The van der Waals surface area contributed by atoms with Gasteiger partial charge in [0.25, 0.3) is 5.69 Å². The molecule has 0 radical (unpaired) electrons. The zero-order valence-electron chi connectivity index (χ0n) is 10.6. The normalized spacial score (nSPS) is 10.3. The van der Waals surface area contributed by atoms with Crippen LogP contribution in [0.4, 0.5) is 5.69 Å². The lowest BCUT2D eigenvalue weighted by Gasteiger charge is -2.11. The number of hydrogen-bond donors (Lipinski definition) is 0. The van der Waals surface area contributed by atoms with E-state index in [2.05, 4.69) is 15.9 Å². The second-order valence-corrected chi connectivity index (χ2v) is 5.13. The monoisotopic (exact) mass is 355 g/mol. The van der Waals surface area contributed by atoms with Crippen molar-refractivity contribution in [1.29, 1.82) is 0 Å². The number of nitro groups is 1. The summed E-state index contributed by atoms with van der Waals surface area (Å²) in [5.74, 6) is 1.17. The Morgan fingerprint density at radius 3 is 2.70 bits per heavy atom. The van der Waals surface area contributed by atoms with Crippen LogP contribution >= 0.6 is 27.5 Å². The third-order valence-corrected chi connectivity index (χ3v) is 3.72. The van der Waals surface area contributed by atoms with E-state index in [1.165, 1.54) is 6.07 Å². The Morgan fingerprint density at radius 1 is 1.35 bits per heavy atom. The second kappa shape index (κ2) is 6.24. The quantitative estimate of drug-likeness (QED) is 0.427. The summed E-state index contributed by atoms with van der Waals surface area (Å²) in [6.45, 7) is 1.67. The minimum absolute atomic E-state index is 0.0733. The van der Waals surface area contributed by atoms with Crippen LogP contribution in [0.15, 0.2) is 36.4 Å². The smallest absolute Gasteiger partial charge is 0.272 e. The predicted octanol–water partition coefficient (Wildman–Crippen LogP) is 5.24. The number of nitro benzene ring substituents is 1. The Balaban J connectivity index is 2.34. The molecule has 0 saturated carbocycles. The molecule has 0 aliphatic rings. The number of nitrogens with zero attached hydrogens (tertiary/aromatic N) is 1. The topological polar surface area (TPSA) is 52.4 Å². The van der Waals surface area contributed by atoms with E-state index >= 15 is 0 Å². The molecule has 0 bridgehead atoms. The average Bonchev–Trinajstić information content (AvgIpc) is 2.38. The molecule has 0 heterocycles. The summed E-state index contributed by atoms with van der Waals surface area (Å²) in [4.78, 5) is 10.4. The first-order chi connectivity index (χ1) is 9.52. The zero-order valence-corrected chi connectivity index (χ0v) is 12.9. The maximum absolute atomic E-state index is 10.8. The largest absolute Gasteiger partial charge is 0.457 e. The number of hydrogen-bond acceptors (Lipinski definition) is 3. The minimum Gasteiger partial charge on any atom is -0.457 e. The van der Waals surface area contributed by atoms with Crippen molar-refractivity contribution >= 4 is 33.2 Å². The maximum atomic E-state index is 10.8. The molecule has 0 fully saturated rings. The lowest BCUT2D eigenvalue weighted by molar-refractivity contribution is -0.385. The number of halogens is 2. The molecule has 0 aliphatic heterocycles. The fraction of sp³-hybridized carbons (Fsp3) is 0.143. The molecule has 2 rings (SSSR count). The summed E-state index contributed by atoms with van der Waals surface area (Å²) in [5, 5.41) is 12.0. The third-order valence-electron chi connectivity index (χ3n) is 2.80. The molecule has 0 amide bonds. The van der Waals surface area contributed by atoms with Crippen LogP contribution in [-0.4, -0.2) is 4.92 Å². The van der Waals surface area contributed by atoms with Crippen LogP contribution in [0.1, 0.15) is 11.1 Å². The van der Waals surface area contributed by atoms with Gasteiger partial charge in [0.15, 0.2) is 0 Å². The summed E-state index contributed by atoms with van der Waals surface area (Å²) in [5.41, 5.74) is 1.46. The Bertz CT molecular complexity index is 661. The molecule has 2 aromatic carbocycles. The van der Waals surface area contributed by atoms with E-state index in [9.17, 15) is 10.1 Å². The van der Waals surface area contributed by atoms with Gasteiger partial charge in [-0.25, -0.2) is 0 Å². The molecule has 20 heavy (non-hydrogen) atoms. The van der Waals surface area contributed by atoms with E-state index < -0.39 is 4.92 Å². The molecule has 4 nitrogen and oxygen atoms in total. The van der Waals surface area contributed by atoms with Gasteiger partial charge in [-0.2, -0.15) is 0 Å². The third kappa shape index (κ3) is 3.11. The van der Waals surface area contributed by atoms with Crippen LogP contribution in [0.5, 0.6) is 11.5 Å². The van der Waals surface area contributed by atoms with Gasteiger partial charge in [0.05, 0.1) is 4.92 Å². The standard InChI is InChI=1S/C14H11BrClNO3/c1-9-7-10(5-6-13(9)17(18)19)20-14-4-2-3-12(16)11(14)8-15/h2-7H,8H2,1H3. The number of alkyl halides is 1. The summed E-state index contributed by atoms with van der Waals surface area (Å²) in [6, 6.07) is 10.0. The van der Waals surface area contributed by atoms with Crippen molar-refractivity contribution in [2.75, 3.05) is 0 Å². The van der Waals surface area contributed by atoms with Crippen LogP contribution in [0, 0.1) is 17.0 Å². The highest BCUT2D eigenvalue weighted by Crippen LogP contribution is 2.33. The number of rotatable bonds is 4. The van der Waals surface area contributed by atoms with Crippen molar-refractivity contribution in [3.63, 3.8) is 0 Å². The molecule has 0 aromatic heterocycles. The molecule has 0 aliphatic carbocycles. The van der Waals surface area contributed by atoms with Crippen LogP contribution < -0.4 is 4.74 Å². The Morgan fingerprint density at radius 2 is 2.10 bits per heavy atom. The van der Waals surface area contributed by atoms with Gasteiger partial charge in [-0.3, -0.25) is 10.1 Å². The molecule has 0 spiro atoms. The molecule has 6 heteroatoms. The van der Waals surface area contributed by atoms with Crippen LogP contribution in [0.2, 0.25) is 5.02 Å². The van der Waals surface area contributed by atoms with Crippen molar-refractivity contribution < 1.29 is 9.66 Å². The van der Waals surface area contributed by atoms with Gasteiger partial charge in [0.1, 0.15) is 11.5 Å². The van der Waals surface area contributed by atoms with Crippen molar-refractivity contribution in [3.8, 4) is 11.5 Å². The number of benzene rings is 2. The van der Waals surface area contributed by atoms with E-state index in [1.54, 1.807) is 37.3 Å². The number of aryl methyl sites for hydroxylation is 1. The van der Waals surface area contributed by atoms with Crippen molar-refractivity contribution in [1.82, 2.24) is 0 Å². The summed E-state index contributed by atoms with van der Waals surface area (Å²) >= 11 is 9.46. The highest BCUT2D eigenvalue weighted by Gasteiger charge is 2.12. The predicted molar refractivity (Wildman–Crippen MR) is 82.0 cm³/mol. The molecule has 0 unspecified atom stereocenters. The van der Waals surface area contributed by atoms with E-state index in [-0.39, 0.29) is 5.69 Å². The van der Waals surface area contributed by atoms with Gasteiger partial charge in [0.2, 0.25) is 0 Å². The first-order valence-electron chi connectivity index (χ1n) is 5.79. The zero-order chi connectivity index (χ0) is 14.7. The maximum Gasteiger partial charge on any atom is 0.272 e. The molecule has 2 aromatic rings. The molecule has 0 atom stereocenters. The van der Waals surface area contributed by atoms with Gasteiger partial charge in [-0.05, 0) is 31.2 Å². The van der Waals surface area contributed by atoms with Crippen LogP contribution in [0.25, 0.3) is 0 Å². The average molecular weight is 357 g/mol. The highest BCUT2D eigenvalue weighted by molar-refractivity contribution is 9.08. The summed E-state index contributed by atoms with van der Waals surface area (Å²) < 4.78 is 5.76. The van der Waals surface area contributed by atoms with Gasteiger partial charge in [-0.1, -0.05) is 33.6 Å². The number of ether oxygens (including phenoxy) is 1. The van der Waals surface area contributed by atoms with Crippen molar-refractivity contribution in [3.05, 3.63) is 62.7 Å². The van der Waals surface area contributed by atoms with E-state index in [1.807, 2.05) is 0 Å². The van der Waals surface area contributed by atoms with Crippen molar-refractivity contribution in [2.24, 2.45) is 0 Å². The van der Waals surface area contributed by atoms with Gasteiger partial charge in [0, 0.05) is 27.5 Å². The van der Waals surface area contributed by atoms with Crippen LogP contribution in [-0.2, 0) is 5.33 Å². The molecule has 104 valence electrons. The first-order valence-corrected chi connectivity index (χ1v) is 7.29. The van der Waals surface area contributed by atoms with Gasteiger partial charge >= 0.3 is 0 Å². The fourth-order valence-corrected chi connectivity index (χ4v) is 2.76. The molecular formula is C14H11BrClNO3. The summed E-state index contributed by atoms with van der Waals surface area (Å²) in [7, 11) is 0.